The van der Waals surface area contributed by atoms with E-state index in [9.17, 15) is 4.79 Å². The fraction of sp³-hybridized carbons (Fsp3) is 0.409. The summed E-state index contributed by atoms with van der Waals surface area (Å²) < 4.78 is 2.43. The monoisotopic (exact) mass is 594 g/mol. The van der Waals surface area contributed by atoms with Gasteiger partial charge in [0.15, 0.2) is 6.10 Å². The van der Waals surface area contributed by atoms with Gasteiger partial charge in [-0.1, -0.05) is 29.4 Å². The zero-order chi connectivity index (χ0) is 22.9. The van der Waals surface area contributed by atoms with Gasteiger partial charge in [0, 0.05) is 30.8 Å². The summed E-state index contributed by atoms with van der Waals surface area (Å²) in [5, 5.41) is 9.31. The Balaban J connectivity index is 1.15. The number of hydrogen-bond acceptors (Lipinski definition) is 8. The first-order valence-electron chi connectivity index (χ1n) is 10.9. The Kier molecular flexibility index (Phi) is 6.73. The van der Waals surface area contributed by atoms with Gasteiger partial charge in [0.1, 0.15) is 16.9 Å². The van der Waals surface area contributed by atoms with E-state index in [2.05, 4.69) is 67.2 Å². The minimum Gasteiger partial charge on any atom is -0.387 e. The van der Waals surface area contributed by atoms with Gasteiger partial charge < -0.3 is 9.74 Å². The van der Waals surface area contributed by atoms with Crippen LogP contribution in [-0.4, -0.2) is 50.2 Å². The van der Waals surface area contributed by atoms with Crippen molar-refractivity contribution in [2.45, 2.75) is 38.2 Å². The average molecular weight is 596 g/mol. The zero-order valence-corrected chi connectivity index (χ0v) is 22.1. The van der Waals surface area contributed by atoms with Crippen molar-refractivity contribution >= 4 is 55.0 Å². The normalized spacial score (nSPS) is 21.3. The number of piperidine rings is 1. The molecular weight excluding hydrogens is 572 g/mol. The molecule has 1 fully saturated rings. The molecule has 1 unspecified atom stereocenters. The minimum absolute atomic E-state index is 0.0443. The lowest BCUT2D eigenvalue weighted by molar-refractivity contribution is -0.133. The van der Waals surface area contributed by atoms with Gasteiger partial charge in [-0.15, -0.1) is 16.9 Å². The van der Waals surface area contributed by atoms with Gasteiger partial charge in [0.05, 0.1) is 33.0 Å². The predicted molar refractivity (Wildman–Crippen MR) is 134 cm³/mol. The fourth-order valence-electron chi connectivity index (χ4n) is 4.33. The van der Waals surface area contributed by atoms with E-state index in [-0.39, 0.29) is 18.6 Å². The third-order valence-electron chi connectivity index (χ3n) is 6.21. The molecule has 1 amide bonds. The van der Waals surface area contributed by atoms with Gasteiger partial charge in [-0.25, -0.2) is 9.02 Å². The number of amides is 1. The van der Waals surface area contributed by atoms with E-state index in [0.717, 1.165) is 53.4 Å². The number of aryl methyl sites for hydroxylation is 1. The summed E-state index contributed by atoms with van der Waals surface area (Å²) in [4.78, 5) is 25.3. The quantitative estimate of drug-likeness (QED) is 0.403. The van der Waals surface area contributed by atoms with Crippen LogP contribution in [0.15, 0.2) is 45.6 Å². The molecule has 8 nitrogen and oxygen atoms in total. The molecule has 2 aromatic rings. The van der Waals surface area contributed by atoms with Crippen molar-refractivity contribution in [3.8, 4) is 0 Å². The molecule has 11 heteroatoms. The van der Waals surface area contributed by atoms with Crippen molar-refractivity contribution in [3.05, 3.63) is 62.3 Å². The third-order valence-corrected chi connectivity index (χ3v) is 8.21. The van der Waals surface area contributed by atoms with E-state index in [1.165, 1.54) is 11.1 Å². The minimum atomic E-state index is -0.0443. The highest BCUT2D eigenvalue weighted by Crippen LogP contribution is 2.34. The summed E-state index contributed by atoms with van der Waals surface area (Å²) in [6.45, 7) is 3.85. The molecule has 5 rings (SSSR count). The summed E-state index contributed by atoms with van der Waals surface area (Å²) in [5.41, 5.74) is 7.25. The number of thiazole rings is 1. The smallest absolute Gasteiger partial charge is 0.243 e. The molecular formula is C22H24Br2N6O2S. The van der Waals surface area contributed by atoms with E-state index in [1.54, 1.807) is 20.4 Å². The summed E-state index contributed by atoms with van der Waals surface area (Å²) in [6.07, 6.45) is 4.34. The lowest BCUT2D eigenvalue weighted by Crippen LogP contribution is -2.46. The lowest BCUT2D eigenvalue weighted by Gasteiger charge is -2.32. The fourth-order valence-corrected chi connectivity index (χ4v) is 6.40. The Morgan fingerprint density at radius 2 is 2.09 bits per heavy atom. The second-order valence-corrected chi connectivity index (χ2v) is 10.8. The van der Waals surface area contributed by atoms with Crippen molar-refractivity contribution in [1.82, 2.24) is 24.5 Å². The maximum absolute atomic E-state index is 12.7. The van der Waals surface area contributed by atoms with Crippen molar-refractivity contribution in [3.63, 3.8) is 0 Å². The first-order valence-corrected chi connectivity index (χ1v) is 13.2. The van der Waals surface area contributed by atoms with E-state index < -0.39 is 0 Å². The zero-order valence-electron chi connectivity index (χ0n) is 18.1. The first kappa shape index (κ1) is 22.8. The molecule has 1 N–H and O–H groups in total. The molecule has 0 aliphatic carbocycles. The standard InChI is InChI=1S/C22H24Br2N6O2S/c1-14-4-2-3-5-16(14)19-10-17(26-32-19)18-13-33-22(25-18)15-6-8-28(9-7-15)21(31)12-29-20(23)11-30(24)27-29/h2-5,11,13,15,19,27H,6-10,12H2,1H3. The van der Waals surface area contributed by atoms with Gasteiger partial charge in [0.25, 0.3) is 0 Å². The molecule has 0 saturated carbocycles. The van der Waals surface area contributed by atoms with Crippen LogP contribution in [0.2, 0.25) is 0 Å². The lowest BCUT2D eigenvalue weighted by atomic mass is 9.97. The summed E-state index contributed by atoms with van der Waals surface area (Å²) in [6, 6.07) is 8.28. The molecule has 0 bridgehead atoms. The van der Waals surface area contributed by atoms with Crippen LogP contribution in [0.1, 0.15) is 53.1 Å². The molecule has 1 aromatic carbocycles. The number of nitrogens with zero attached hydrogens (tertiary/aromatic N) is 5. The number of likely N-dealkylation sites (tertiary alicyclic amines) is 1. The van der Waals surface area contributed by atoms with Gasteiger partial charge in [-0.3, -0.25) is 9.80 Å². The van der Waals surface area contributed by atoms with Crippen LogP contribution in [-0.2, 0) is 9.63 Å². The van der Waals surface area contributed by atoms with Crippen molar-refractivity contribution in [2.75, 3.05) is 19.6 Å². The number of carbonyl (C=O) groups excluding carboxylic acids is 1. The predicted octanol–water partition coefficient (Wildman–Crippen LogP) is 4.56. The molecule has 0 radical (unpaired) electrons. The molecule has 0 spiro atoms. The largest absolute Gasteiger partial charge is 0.387 e. The molecule has 3 aliphatic rings. The first-order chi connectivity index (χ1) is 16.0. The maximum Gasteiger partial charge on any atom is 0.243 e. The molecule has 33 heavy (non-hydrogen) atoms. The number of hydrazine groups is 2. The van der Waals surface area contributed by atoms with Crippen LogP contribution in [0.4, 0.5) is 0 Å². The van der Waals surface area contributed by atoms with E-state index in [4.69, 9.17) is 9.82 Å². The second kappa shape index (κ2) is 9.73. The molecule has 1 aromatic heterocycles. The van der Waals surface area contributed by atoms with Gasteiger partial charge in [0.2, 0.25) is 5.91 Å². The van der Waals surface area contributed by atoms with E-state index in [0.29, 0.717) is 5.92 Å². The number of halogens is 2. The SMILES string of the molecule is Cc1ccccc1C1CC(c2csc(C3CCN(C(=O)CN4NN(Br)C=C4Br)CC3)n2)=NO1. The Bertz CT molecular complexity index is 1100. The van der Waals surface area contributed by atoms with Crippen LogP contribution in [0, 0.1) is 6.92 Å². The number of nitrogens with one attached hydrogen (secondary N) is 1. The van der Waals surface area contributed by atoms with Gasteiger partial charge in [-0.2, -0.15) is 0 Å². The number of hydrogen-bond donors (Lipinski definition) is 1. The third kappa shape index (κ3) is 4.96. The Morgan fingerprint density at radius 1 is 1.30 bits per heavy atom. The number of aromatic nitrogens is 1. The Hall–Kier alpha value is -1.95. The van der Waals surface area contributed by atoms with E-state index in [1.807, 2.05) is 23.2 Å². The van der Waals surface area contributed by atoms with Crippen LogP contribution < -0.4 is 5.53 Å². The molecule has 1 saturated heterocycles. The number of oxime groups is 1. The van der Waals surface area contributed by atoms with E-state index >= 15 is 0 Å². The number of carbonyl (C=O) groups is 1. The summed E-state index contributed by atoms with van der Waals surface area (Å²) in [5.74, 6) is 0.478. The van der Waals surface area contributed by atoms with Crippen molar-refractivity contribution in [1.29, 1.82) is 0 Å². The highest BCUT2D eigenvalue weighted by atomic mass is 79.9. The number of rotatable bonds is 5. The second-order valence-electron chi connectivity index (χ2n) is 8.37. The topological polar surface area (TPSA) is 73.3 Å². The highest BCUT2D eigenvalue weighted by Gasteiger charge is 2.30. The van der Waals surface area contributed by atoms with Crippen LogP contribution in [0.25, 0.3) is 0 Å². The Morgan fingerprint density at radius 3 is 2.82 bits per heavy atom. The summed E-state index contributed by atoms with van der Waals surface area (Å²) in [7, 11) is 0. The number of benzene rings is 1. The Labute approximate surface area is 213 Å². The molecule has 4 heterocycles. The van der Waals surface area contributed by atoms with Crippen molar-refractivity contribution < 1.29 is 9.63 Å². The summed E-state index contributed by atoms with van der Waals surface area (Å²) >= 11 is 8.44. The van der Waals surface area contributed by atoms with Gasteiger partial charge in [-0.05, 0) is 46.8 Å². The van der Waals surface area contributed by atoms with Crippen LogP contribution in [0.5, 0.6) is 0 Å². The molecule has 1 atom stereocenters. The molecule has 174 valence electrons. The van der Waals surface area contributed by atoms with Crippen LogP contribution in [0.3, 0.4) is 0 Å². The maximum atomic E-state index is 12.7. The highest BCUT2D eigenvalue weighted by molar-refractivity contribution is 9.11. The van der Waals surface area contributed by atoms with Crippen LogP contribution >= 0.6 is 43.4 Å². The molecule has 3 aliphatic heterocycles. The van der Waals surface area contributed by atoms with Crippen molar-refractivity contribution in [2.24, 2.45) is 5.16 Å². The average Bonchev–Trinajstić information content (AvgIpc) is 3.54. The van der Waals surface area contributed by atoms with Gasteiger partial charge >= 0.3 is 0 Å².